The van der Waals surface area contributed by atoms with Gasteiger partial charge in [-0.25, -0.2) is 0 Å². The Bertz CT molecular complexity index is 924. The highest BCUT2D eigenvalue weighted by atomic mass is 16.5. The van der Waals surface area contributed by atoms with Gasteiger partial charge in [-0.2, -0.15) is 0 Å². The molecule has 2 N–H and O–H groups in total. The van der Waals surface area contributed by atoms with Gasteiger partial charge in [0.05, 0.1) is 6.10 Å². The normalized spacial score (nSPS) is 42.4. The number of fused-ring (bicyclic) bond motifs is 5. The first kappa shape index (κ1) is 20.0. The summed E-state index contributed by atoms with van der Waals surface area (Å²) in [6, 6.07) is 0. The van der Waals surface area contributed by atoms with Gasteiger partial charge in [-0.15, -0.1) is 0 Å². The predicted molar refractivity (Wildman–Crippen MR) is 104 cm³/mol. The van der Waals surface area contributed by atoms with E-state index in [4.69, 9.17) is 4.74 Å². The van der Waals surface area contributed by atoms with Crippen molar-refractivity contribution in [2.45, 2.75) is 45.3 Å². The lowest BCUT2D eigenvalue weighted by atomic mass is 9.53. The number of aliphatic hydroxyl groups excluding tert-OH is 1. The Kier molecular flexibility index (Phi) is 4.37. The maximum Gasteiger partial charge on any atom is 0.303 e. The van der Waals surface area contributed by atoms with E-state index in [9.17, 15) is 24.6 Å². The van der Waals surface area contributed by atoms with Gasteiger partial charge in [0, 0.05) is 23.7 Å². The van der Waals surface area contributed by atoms with E-state index >= 15 is 0 Å². The van der Waals surface area contributed by atoms with Crippen molar-refractivity contribution in [2.75, 3.05) is 6.61 Å². The lowest BCUT2D eigenvalue weighted by Gasteiger charge is -2.51. The molecule has 0 spiro atoms. The van der Waals surface area contributed by atoms with E-state index in [1.165, 1.54) is 6.92 Å². The Morgan fingerprint density at radius 3 is 2.69 bits per heavy atom. The molecular formula is C23H26O6. The zero-order valence-corrected chi connectivity index (χ0v) is 16.8. The minimum absolute atomic E-state index is 0.0384. The van der Waals surface area contributed by atoms with Crippen LogP contribution in [0.1, 0.15) is 33.6 Å². The van der Waals surface area contributed by atoms with Gasteiger partial charge in [0.25, 0.3) is 0 Å². The van der Waals surface area contributed by atoms with E-state index in [1.54, 1.807) is 12.2 Å². The third kappa shape index (κ3) is 2.58. The fourth-order valence-electron chi connectivity index (χ4n) is 5.82. The molecule has 0 radical (unpaired) electrons. The van der Waals surface area contributed by atoms with Crippen LogP contribution in [0, 0.1) is 22.7 Å². The van der Waals surface area contributed by atoms with Gasteiger partial charge in [-0.05, 0) is 43.4 Å². The van der Waals surface area contributed by atoms with Gasteiger partial charge < -0.3 is 14.9 Å². The van der Waals surface area contributed by atoms with Crippen molar-refractivity contribution in [3.63, 3.8) is 0 Å². The quantitative estimate of drug-likeness (QED) is 0.556. The molecule has 4 aliphatic carbocycles. The molecule has 0 saturated heterocycles. The Labute approximate surface area is 169 Å². The molecule has 0 aromatic carbocycles. The van der Waals surface area contributed by atoms with E-state index in [0.29, 0.717) is 6.42 Å². The molecule has 6 nitrogen and oxygen atoms in total. The molecule has 4 aliphatic rings. The van der Waals surface area contributed by atoms with Gasteiger partial charge in [0.15, 0.2) is 18.0 Å². The molecule has 0 aromatic rings. The number of allylic oxidation sites excluding steroid dienone is 8. The minimum Gasteiger partial charge on any atom is -0.458 e. The summed E-state index contributed by atoms with van der Waals surface area (Å²) in [5, 5.41) is 22.2. The molecule has 154 valence electrons. The fourth-order valence-corrected chi connectivity index (χ4v) is 5.82. The van der Waals surface area contributed by atoms with Crippen LogP contribution in [-0.2, 0) is 19.1 Å². The zero-order valence-electron chi connectivity index (χ0n) is 16.8. The second-order valence-electron chi connectivity index (χ2n) is 9.03. The van der Waals surface area contributed by atoms with Crippen LogP contribution in [-0.4, -0.2) is 46.1 Å². The number of hydrogen-bond donors (Lipinski definition) is 2. The summed E-state index contributed by atoms with van der Waals surface area (Å²) in [6.07, 6.45) is 10.6. The van der Waals surface area contributed by atoms with Gasteiger partial charge >= 0.3 is 5.97 Å². The number of Topliss-reactive ketones (excluding diaryl/α,β-unsaturated/α-hetero) is 1. The number of ether oxygens (including phenoxy) is 1. The first-order chi connectivity index (χ1) is 13.5. The second-order valence-corrected chi connectivity index (χ2v) is 9.03. The van der Waals surface area contributed by atoms with Crippen LogP contribution in [0.25, 0.3) is 0 Å². The minimum atomic E-state index is -1.99. The summed E-state index contributed by atoms with van der Waals surface area (Å²) in [4.78, 5) is 35.8. The zero-order chi connectivity index (χ0) is 21.2. The van der Waals surface area contributed by atoms with Gasteiger partial charge in [-0.3, -0.25) is 14.4 Å². The Balaban J connectivity index is 1.74. The standard InChI is InChI=1S/C23H26O6/c1-13(24)29-12-20(27)23(28)19(26)11-18-16-5-4-14-10-15(25)6-8-21(14,2)17(16)7-9-22(18,23)3/h4-8,10,16,18-19,26,28H,9,11-12H2,1-3H3/t16?,18?,19-,21?,22?,23+/m1/s1. The molecule has 6 heteroatoms. The largest absolute Gasteiger partial charge is 0.458 e. The van der Waals surface area contributed by atoms with Crippen molar-refractivity contribution < 1.29 is 29.3 Å². The lowest BCUT2D eigenvalue weighted by Crippen LogP contribution is -2.59. The second kappa shape index (κ2) is 6.34. The van der Waals surface area contributed by atoms with E-state index in [2.05, 4.69) is 6.92 Å². The number of aliphatic hydroxyl groups is 2. The Hall–Kier alpha value is -2.31. The van der Waals surface area contributed by atoms with E-state index in [-0.39, 0.29) is 24.0 Å². The lowest BCUT2D eigenvalue weighted by molar-refractivity contribution is -0.173. The van der Waals surface area contributed by atoms with Crippen LogP contribution in [0.15, 0.2) is 47.6 Å². The topological polar surface area (TPSA) is 101 Å². The van der Waals surface area contributed by atoms with Crippen molar-refractivity contribution in [2.24, 2.45) is 22.7 Å². The van der Waals surface area contributed by atoms with Crippen molar-refractivity contribution in [3.8, 4) is 0 Å². The third-order valence-corrected chi connectivity index (χ3v) is 7.58. The first-order valence-electron chi connectivity index (χ1n) is 9.95. The molecule has 4 unspecified atom stereocenters. The van der Waals surface area contributed by atoms with Crippen LogP contribution in [0.5, 0.6) is 0 Å². The van der Waals surface area contributed by atoms with Crippen LogP contribution in [0.2, 0.25) is 0 Å². The van der Waals surface area contributed by atoms with Crippen molar-refractivity contribution in [1.29, 1.82) is 0 Å². The maximum absolute atomic E-state index is 12.8. The van der Waals surface area contributed by atoms with Gasteiger partial charge in [0.2, 0.25) is 5.78 Å². The first-order valence-corrected chi connectivity index (χ1v) is 9.95. The summed E-state index contributed by atoms with van der Waals surface area (Å²) in [5.41, 5.74) is -1.24. The number of hydrogen-bond acceptors (Lipinski definition) is 6. The molecule has 0 bridgehead atoms. The summed E-state index contributed by atoms with van der Waals surface area (Å²) in [6.45, 7) is 4.53. The average Bonchev–Trinajstić information content (AvgIpc) is 2.88. The molecule has 0 aliphatic heterocycles. The molecule has 29 heavy (non-hydrogen) atoms. The molecule has 6 atom stereocenters. The number of ketones is 2. The van der Waals surface area contributed by atoms with E-state index in [1.807, 2.05) is 31.2 Å². The summed E-state index contributed by atoms with van der Waals surface area (Å²) in [7, 11) is 0. The highest BCUT2D eigenvalue weighted by molar-refractivity contribution is 6.02. The van der Waals surface area contributed by atoms with Crippen LogP contribution in [0.4, 0.5) is 0 Å². The fraction of sp³-hybridized carbons (Fsp3) is 0.522. The SMILES string of the molecule is CC(=O)OCC(=O)[C@@]1(O)[C@H](O)CC2C3C=CC4=CC(=O)C=CC4(C)C3=CCC21C. The number of carbonyl (C=O) groups is 3. The van der Waals surface area contributed by atoms with E-state index < -0.39 is 40.9 Å². The third-order valence-electron chi connectivity index (χ3n) is 7.58. The Morgan fingerprint density at radius 2 is 2.00 bits per heavy atom. The summed E-state index contributed by atoms with van der Waals surface area (Å²) >= 11 is 0. The van der Waals surface area contributed by atoms with Gasteiger partial charge in [0.1, 0.15) is 0 Å². The van der Waals surface area contributed by atoms with Crippen molar-refractivity contribution in [1.82, 2.24) is 0 Å². The van der Waals surface area contributed by atoms with Crippen LogP contribution < -0.4 is 0 Å². The molecule has 0 amide bonds. The molecule has 0 aromatic heterocycles. The summed E-state index contributed by atoms with van der Waals surface area (Å²) < 4.78 is 4.82. The molecular weight excluding hydrogens is 372 g/mol. The average molecular weight is 398 g/mol. The maximum atomic E-state index is 12.8. The summed E-state index contributed by atoms with van der Waals surface area (Å²) in [5.74, 6) is -1.55. The number of carbonyl (C=O) groups excluding carboxylic acids is 3. The Morgan fingerprint density at radius 1 is 1.28 bits per heavy atom. The highest BCUT2D eigenvalue weighted by Gasteiger charge is 2.68. The van der Waals surface area contributed by atoms with Crippen LogP contribution in [0.3, 0.4) is 0 Å². The molecule has 1 saturated carbocycles. The van der Waals surface area contributed by atoms with Gasteiger partial charge in [-0.1, -0.05) is 36.8 Å². The molecule has 4 rings (SSSR count). The molecule has 0 heterocycles. The smallest absolute Gasteiger partial charge is 0.303 e. The predicted octanol–water partition coefficient (Wildman–Crippen LogP) is 1.82. The van der Waals surface area contributed by atoms with Crippen LogP contribution >= 0.6 is 0 Å². The highest BCUT2D eigenvalue weighted by Crippen LogP contribution is 2.63. The van der Waals surface area contributed by atoms with Crippen molar-refractivity contribution in [3.05, 3.63) is 47.6 Å². The monoisotopic (exact) mass is 398 g/mol. The van der Waals surface area contributed by atoms with Crippen molar-refractivity contribution >= 4 is 17.5 Å². The molecule has 1 fully saturated rings. The number of rotatable bonds is 3. The van der Waals surface area contributed by atoms with E-state index in [0.717, 1.165) is 11.1 Å². The number of esters is 1.